The van der Waals surface area contributed by atoms with E-state index < -0.39 is 0 Å². The summed E-state index contributed by atoms with van der Waals surface area (Å²) in [6, 6.07) is 21.4. The van der Waals surface area contributed by atoms with E-state index in [0.29, 0.717) is 11.1 Å². The van der Waals surface area contributed by atoms with Gasteiger partial charge < -0.3 is 10.2 Å². The molecule has 0 radical (unpaired) electrons. The monoisotopic (exact) mass is 306 g/mol. The van der Waals surface area contributed by atoms with E-state index in [2.05, 4.69) is 0 Å². The Morgan fingerprint density at radius 2 is 0.773 bits per heavy atom. The first-order valence-corrected chi connectivity index (χ1v) is 6.38. The van der Waals surface area contributed by atoms with Crippen LogP contribution in [0.5, 0.6) is 11.5 Å². The second-order valence-corrected chi connectivity index (χ2v) is 4.57. The van der Waals surface area contributed by atoms with E-state index in [4.69, 9.17) is 0 Å². The third-order valence-electron chi connectivity index (χ3n) is 3.28. The summed E-state index contributed by atoms with van der Waals surface area (Å²) in [5, 5.41) is 23.6. The van der Waals surface area contributed by atoms with Crippen molar-refractivity contribution in [2.75, 3.05) is 0 Å². The zero-order valence-corrected chi connectivity index (χ0v) is 16.7. The van der Waals surface area contributed by atoms with Crippen molar-refractivity contribution in [1.29, 1.82) is 0 Å². The van der Waals surface area contributed by atoms with Gasteiger partial charge in [-0.25, -0.2) is 0 Å². The molecule has 0 saturated carbocycles. The number of hydrogen-bond donors (Lipinski definition) is 0. The molecule has 3 aromatic carbocycles. The summed E-state index contributed by atoms with van der Waals surface area (Å²) in [6.45, 7) is 0. The van der Waals surface area contributed by atoms with Crippen molar-refractivity contribution < 1.29 is 69.3 Å². The van der Waals surface area contributed by atoms with Crippen molar-refractivity contribution in [3.8, 4) is 33.8 Å². The van der Waals surface area contributed by atoms with Crippen molar-refractivity contribution in [3.05, 3.63) is 72.8 Å². The van der Waals surface area contributed by atoms with Gasteiger partial charge in [0.15, 0.2) is 0 Å². The van der Waals surface area contributed by atoms with Crippen LogP contribution in [-0.2, 0) is 0 Å². The third-order valence-corrected chi connectivity index (χ3v) is 3.28. The minimum absolute atomic E-state index is 0. The molecule has 0 amide bonds. The fraction of sp³-hybridized carbons (Fsp3) is 0. The van der Waals surface area contributed by atoms with Gasteiger partial charge in [-0.3, -0.25) is 0 Å². The second-order valence-electron chi connectivity index (χ2n) is 4.57. The van der Waals surface area contributed by atoms with Crippen molar-refractivity contribution in [2.24, 2.45) is 0 Å². The fourth-order valence-electron chi connectivity index (χ4n) is 2.24. The Morgan fingerprint density at radius 3 is 1.09 bits per heavy atom. The number of rotatable bonds is 2. The average molecular weight is 306 g/mol. The Balaban J connectivity index is 0.00000121. The maximum absolute atomic E-state index is 11.8. The summed E-state index contributed by atoms with van der Waals surface area (Å²) in [5.41, 5.74) is 3.08. The quantitative estimate of drug-likeness (QED) is 0.480. The maximum atomic E-state index is 11.8. The van der Waals surface area contributed by atoms with Crippen LogP contribution in [0.25, 0.3) is 22.3 Å². The van der Waals surface area contributed by atoms with Gasteiger partial charge in [0, 0.05) is 0 Å². The normalized spacial score (nSPS) is 9.45. The fourth-order valence-corrected chi connectivity index (χ4v) is 2.24. The van der Waals surface area contributed by atoms with Crippen LogP contribution in [0.2, 0.25) is 0 Å². The Kier molecular flexibility index (Phi) is 7.70. The zero-order chi connectivity index (χ0) is 13.9. The number of para-hydroxylation sites is 2. The van der Waals surface area contributed by atoms with Crippen molar-refractivity contribution in [3.63, 3.8) is 0 Å². The van der Waals surface area contributed by atoms with Crippen LogP contribution in [0.15, 0.2) is 72.8 Å². The first kappa shape index (κ1) is 19.3. The summed E-state index contributed by atoms with van der Waals surface area (Å²) >= 11 is 0. The van der Waals surface area contributed by atoms with Crippen molar-refractivity contribution >= 4 is 0 Å². The van der Waals surface area contributed by atoms with Crippen molar-refractivity contribution in [2.45, 2.75) is 0 Å². The van der Waals surface area contributed by atoms with Gasteiger partial charge in [-0.2, -0.15) is 0 Å². The number of benzene rings is 3. The molecule has 0 atom stereocenters. The smallest absolute Gasteiger partial charge is 0.872 e. The van der Waals surface area contributed by atoms with Gasteiger partial charge in [0.1, 0.15) is 0 Å². The van der Waals surface area contributed by atoms with Gasteiger partial charge in [0.05, 0.1) is 0 Å². The van der Waals surface area contributed by atoms with Crippen LogP contribution in [0.1, 0.15) is 0 Å². The van der Waals surface area contributed by atoms with Crippen LogP contribution < -0.4 is 69.3 Å². The molecule has 3 rings (SSSR count). The molecule has 0 fully saturated rings. The summed E-state index contributed by atoms with van der Waals surface area (Å²) in [6.07, 6.45) is 0. The predicted molar refractivity (Wildman–Crippen MR) is 76.2 cm³/mol. The molecule has 3 aromatic rings. The molecule has 4 heteroatoms. The summed E-state index contributed by atoms with van der Waals surface area (Å²) in [5.74, 6) is 0.00829. The van der Waals surface area contributed by atoms with E-state index in [-0.39, 0.29) is 70.6 Å². The van der Waals surface area contributed by atoms with E-state index in [1.165, 1.54) is 0 Å². The van der Waals surface area contributed by atoms with E-state index >= 15 is 0 Å². The van der Waals surface area contributed by atoms with E-state index in [1.807, 2.05) is 36.4 Å². The minimum atomic E-state index is 0. The molecule has 0 aliphatic heterocycles. The molecule has 0 aliphatic carbocycles. The zero-order valence-electron chi connectivity index (χ0n) is 12.7. The molecule has 22 heavy (non-hydrogen) atoms. The first-order chi connectivity index (χ1) is 9.75. The topological polar surface area (TPSA) is 46.1 Å². The molecule has 0 heterocycles. The summed E-state index contributed by atoms with van der Waals surface area (Å²) in [7, 11) is 0. The molecular weight excluding hydrogens is 294 g/mol. The summed E-state index contributed by atoms with van der Waals surface area (Å²) in [4.78, 5) is 0. The standard InChI is InChI=1S/C18H14O2.2Na/c19-17-7-3-1-5-15(17)13-9-11-14(12-10-13)16-6-2-4-8-18(16)20;;/h1-12,19-20H;;/q;2*+1/p-2. The second kappa shape index (κ2) is 8.78. The van der Waals surface area contributed by atoms with Crippen LogP contribution in [0.4, 0.5) is 0 Å². The maximum Gasteiger partial charge on any atom is 1.00 e. The van der Waals surface area contributed by atoms with Gasteiger partial charge in [-0.05, 0) is 22.3 Å². The molecule has 0 spiro atoms. The Labute approximate surface area is 174 Å². The van der Waals surface area contributed by atoms with Gasteiger partial charge in [0.2, 0.25) is 0 Å². The molecule has 0 bridgehead atoms. The Bertz CT molecular complexity index is 676. The Hall–Kier alpha value is -0.740. The molecular formula is C18H12Na2O2. The predicted octanol–water partition coefficient (Wildman–Crippen LogP) is -2.82. The molecule has 0 unspecified atom stereocenters. The van der Waals surface area contributed by atoms with Crippen LogP contribution >= 0.6 is 0 Å². The first-order valence-electron chi connectivity index (χ1n) is 6.38. The van der Waals surface area contributed by atoms with Crippen LogP contribution in [0.3, 0.4) is 0 Å². The molecule has 2 nitrogen and oxygen atoms in total. The number of hydrogen-bond acceptors (Lipinski definition) is 2. The third kappa shape index (κ3) is 4.17. The molecule has 98 valence electrons. The van der Waals surface area contributed by atoms with Gasteiger partial charge in [-0.1, -0.05) is 72.8 Å². The minimum Gasteiger partial charge on any atom is -0.872 e. The van der Waals surface area contributed by atoms with Gasteiger partial charge in [0.25, 0.3) is 0 Å². The molecule has 0 saturated heterocycles. The van der Waals surface area contributed by atoms with Gasteiger partial charge in [-0.15, -0.1) is 11.5 Å². The van der Waals surface area contributed by atoms with E-state index in [0.717, 1.165) is 11.1 Å². The molecule has 0 aromatic heterocycles. The van der Waals surface area contributed by atoms with Gasteiger partial charge >= 0.3 is 59.1 Å². The van der Waals surface area contributed by atoms with Crippen LogP contribution in [-0.4, -0.2) is 0 Å². The Morgan fingerprint density at radius 1 is 0.455 bits per heavy atom. The van der Waals surface area contributed by atoms with Crippen molar-refractivity contribution in [1.82, 2.24) is 0 Å². The summed E-state index contributed by atoms with van der Waals surface area (Å²) < 4.78 is 0. The average Bonchev–Trinajstić information content (AvgIpc) is 2.49. The largest absolute Gasteiger partial charge is 1.00 e. The van der Waals surface area contributed by atoms with Crippen LogP contribution in [0, 0.1) is 0 Å². The molecule has 0 N–H and O–H groups in total. The van der Waals surface area contributed by atoms with E-state index in [9.17, 15) is 10.2 Å². The molecule has 0 aliphatic rings. The SMILES string of the molecule is [Na+].[Na+].[O-]c1ccccc1-c1ccc(-c2ccccc2[O-])cc1. The van der Waals surface area contributed by atoms with E-state index in [1.54, 1.807) is 36.4 Å².